The molecule has 0 aliphatic rings. The van der Waals surface area contributed by atoms with Crippen LogP contribution in [0.1, 0.15) is 0 Å². The molecular formula is C8H8ClN3O2. The van der Waals surface area contributed by atoms with Crippen molar-refractivity contribution in [3.05, 3.63) is 29.3 Å². The number of rotatable bonds is 1. The molecule has 1 rings (SSSR count). The van der Waals surface area contributed by atoms with E-state index in [4.69, 9.17) is 17.4 Å². The van der Waals surface area contributed by atoms with Crippen LogP contribution in [0.3, 0.4) is 0 Å². The highest BCUT2D eigenvalue weighted by Crippen LogP contribution is 2.14. The first-order valence-corrected chi connectivity index (χ1v) is 4.09. The lowest BCUT2D eigenvalue weighted by atomic mass is 10.3. The molecular weight excluding hydrogens is 206 g/mol. The molecule has 0 unspecified atom stereocenters. The van der Waals surface area contributed by atoms with E-state index < -0.39 is 11.8 Å². The van der Waals surface area contributed by atoms with Crippen LogP contribution >= 0.6 is 11.6 Å². The maximum Gasteiger partial charge on any atom is 0.323 e. The molecule has 0 aromatic heterocycles. The monoisotopic (exact) mass is 213 g/mol. The van der Waals surface area contributed by atoms with Gasteiger partial charge >= 0.3 is 11.8 Å². The van der Waals surface area contributed by atoms with Gasteiger partial charge in [0.1, 0.15) is 0 Å². The van der Waals surface area contributed by atoms with Crippen molar-refractivity contribution in [2.75, 3.05) is 5.32 Å². The first-order chi connectivity index (χ1) is 6.63. The van der Waals surface area contributed by atoms with Crippen LogP contribution < -0.4 is 16.6 Å². The minimum Gasteiger partial charge on any atom is -0.318 e. The molecule has 1 aromatic rings. The predicted octanol–water partition coefficient (Wildman–Crippen LogP) is 0.268. The van der Waals surface area contributed by atoms with Crippen LogP contribution in [0.25, 0.3) is 0 Å². The third kappa shape index (κ3) is 2.72. The normalized spacial score (nSPS) is 9.29. The van der Waals surface area contributed by atoms with Gasteiger partial charge in [-0.2, -0.15) is 0 Å². The number of carbonyl (C=O) groups excluding carboxylic acids is 2. The summed E-state index contributed by atoms with van der Waals surface area (Å²) in [6.07, 6.45) is 0. The van der Waals surface area contributed by atoms with E-state index in [0.717, 1.165) is 0 Å². The number of nitrogens with two attached hydrogens (primary N) is 1. The number of halogens is 1. The second-order valence-corrected chi connectivity index (χ2v) is 2.87. The number of amides is 2. The Hall–Kier alpha value is -1.59. The van der Waals surface area contributed by atoms with Gasteiger partial charge < -0.3 is 5.32 Å². The van der Waals surface area contributed by atoms with Gasteiger partial charge in [0, 0.05) is 10.7 Å². The number of hydrogen-bond donors (Lipinski definition) is 3. The fourth-order valence-electron chi connectivity index (χ4n) is 0.820. The highest BCUT2D eigenvalue weighted by molar-refractivity contribution is 6.39. The summed E-state index contributed by atoms with van der Waals surface area (Å²) in [7, 11) is 0. The summed E-state index contributed by atoms with van der Waals surface area (Å²) in [6, 6.07) is 6.43. The molecule has 0 fully saturated rings. The van der Waals surface area contributed by atoms with Crippen LogP contribution in [-0.2, 0) is 9.59 Å². The summed E-state index contributed by atoms with van der Waals surface area (Å²) in [6.45, 7) is 0. The van der Waals surface area contributed by atoms with E-state index in [0.29, 0.717) is 10.7 Å². The largest absolute Gasteiger partial charge is 0.323 e. The van der Waals surface area contributed by atoms with Crippen molar-refractivity contribution in [2.45, 2.75) is 0 Å². The lowest BCUT2D eigenvalue weighted by Crippen LogP contribution is -2.39. The van der Waals surface area contributed by atoms with E-state index in [1.54, 1.807) is 23.6 Å². The highest BCUT2D eigenvalue weighted by Gasteiger charge is 2.11. The first-order valence-electron chi connectivity index (χ1n) is 3.71. The van der Waals surface area contributed by atoms with Gasteiger partial charge in [-0.1, -0.05) is 17.7 Å². The molecule has 0 bridgehead atoms. The second-order valence-electron chi connectivity index (χ2n) is 2.44. The molecule has 4 N–H and O–H groups in total. The van der Waals surface area contributed by atoms with E-state index in [-0.39, 0.29) is 0 Å². The molecule has 2 amide bonds. The van der Waals surface area contributed by atoms with Gasteiger partial charge in [-0.15, -0.1) is 0 Å². The van der Waals surface area contributed by atoms with E-state index >= 15 is 0 Å². The third-order valence-electron chi connectivity index (χ3n) is 1.42. The zero-order valence-electron chi connectivity index (χ0n) is 7.08. The van der Waals surface area contributed by atoms with Gasteiger partial charge in [-0.25, -0.2) is 5.84 Å². The topological polar surface area (TPSA) is 84.2 Å². The molecule has 6 heteroatoms. The third-order valence-corrected chi connectivity index (χ3v) is 1.65. The minimum atomic E-state index is -0.912. The molecule has 5 nitrogen and oxygen atoms in total. The molecule has 0 radical (unpaired) electrons. The maximum atomic E-state index is 11.0. The standard InChI is InChI=1S/C8H8ClN3O2/c9-5-2-1-3-6(4-5)11-7(13)8(14)12-10/h1-4H,10H2,(H,11,13)(H,12,14). The van der Waals surface area contributed by atoms with E-state index in [2.05, 4.69) is 5.32 Å². The van der Waals surface area contributed by atoms with Gasteiger partial charge in [0.05, 0.1) is 0 Å². The molecule has 14 heavy (non-hydrogen) atoms. The Kier molecular flexibility index (Phi) is 3.44. The summed E-state index contributed by atoms with van der Waals surface area (Å²) in [4.78, 5) is 21.7. The average molecular weight is 214 g/mol. The van der Waals surface area contributed by atoms with Crippen LogP contribution in [0.5, 0.6) is 0 Å². The predicted molar refractivity (Wildman–Crippen MR) is 52.4 cm³/mol. The minimum absolute atomic E-state index is 0.436. The lowest BCUT2D eigenvalue weighted by molar-refractivity contribution is -0.136. The fourth-order valence-corrected chi connectivity index (χ4v) is 1.01. The van der Waals surface area contributed by atoms with Crippen LogP contribution in [0.4, 0.5) is 5.69 Å². The first kappa shape index (κ1) is 10.5. The molecule has 0 spiro atoms. The number of hydrogen-bond acceptors (Lipinski definition) is 3. The second kappa shape index (κ2) is 4.59. The average Bonchev–Trinajstić information content (AvgIpc) is 2.16. The van der Waals surface area contributed by atoms with Crippen LogP contribution in [-0.4, -0.2) is 11.8 Å². The Balaban J connectivity index is 2.70. The van der Waals surface area contributed by atoms with E-state index in [9.17, 15) is 9.59 Å². The van der Waals surface area contributed by atoms with Crippen LogP contribution in [0.2, 0.25) is 5.02 Å². The zero-order valence-corrected chi connectivity index (χ0v) is 7.84. The number of benzene rings is 1. The summed E-state index contributed by atoms with van der Waals surface area (Å²) in [5.41, 5.74) is 2.15. The number of anilines is 1. The maximum absolute atomic E-state index is 11.0. The van der Waals surface area contributed by atoms with E-state index in [1.165, 1.54) is 6.07 Å². The van der Waals surface area contributed by atoms with Crippen molar-refractivity contribution < 1.29 is 9.59 Å². The fraction of sp³-hybridized carbons (Fsp3) is 0. The number of nitrogens with one attached hydrogen (secondary N) is 2. The molecule has 0 heterocycles. The number of hydrazine groups is 1. The Morgan fingerprint density at radius 3 is 2.57 bits per heavy atom. The van der Waals surface area contributed by atoms with Gasteiger partial charge in [0.25, 0.3) is 0 Å². The van der Waals surface area contributed by atoms with Crippen molar-refractivity contribution in [2.24, 2.45) is 5.84 Å². The lowest BCUT2D eigenvalue weighted by Gasteiger charge is -2.03. The summed E-state index contributed by atoms with van der Waals surface area (Å²) in [5.74, 6) is 3.02. The number of carbonyl (C=O) groups is 2. The van der Waals surface area contributed by atoms with Gasteiger partial charge in [0.15, 0.2) is 0 Å². The van der Waals surface area contributed by atoms with Crippen LogP contribution in [0, 0.1) is 0 Å². The van der Waals surface area contributed by atoms with Crippen molar-refractivity contribution in [3.63, 3.8) is 0 Å². The quantitative estimate of drug-likeness (QED) is 0.271. The van der Waals surface area contributed by atoms with Crippen molar-refractivity contribution in [3.8, 4) is 0 Å². The molecule has 1 aromatic carbocycles. The Labute approximate surface area is 85.2 Å². The van der Waals surface area contributed by atoms with Crippen molar-refractivity contribution >= 4 is 29.1 Å². The summed E-state index contributed by atoms with van der Waals surface area (Å²) >= 11 is 5.67. The summed E-state index contributed by atoms with van der Waals surface area (Å²) in [5, 5.41) is 2.79. The molecule has 0 aliphatic carbocycles. The molecule has 0 saturated heterocycles. The Morgan fingerprint density at radius 1 is 1.29 bits per heavy atom. The Morgan fingerprint density at radius 2 is 2.00 bits per heavy atom. The summed E-state index contributed by atoms with van der Waals surface area (Å²) < 4.78 is 0. The zero-order chi connectivity index (χ0) is 10.6. The van der Waals surface area contributed by atoms with E-state index in [1.807, 2.05) is 0 Å². The smallest absolute Gasteiger partial charge is 0.318 e. The molecule has 0 saturated carbocycles. The molecule has 0 aliphatic heterocycles. The van der Waals surface area contributed by atoms with Crippen molar-refractivity contribution in [1.82, 2.24) is 5.43 Å². The SMILES string of the molecule is NNC(=O)C(=O)Nc1cccc(Cl)c1. The molecule has 0 atom stereocenters. The molecule has 74 valence electrons. The van der Waals surface area contributed by atoms with Gasteiger partial charge in [-0.05, 0) is 18.2 Å². The van der Waals surface area contributed by atoms with Gasteiger partial charge in [0.2, 0.25) is 0 Å². The van der Waals surface area contributed by atoms with Crippen molar-refractivity contribution in [1.29, 1.82) is 0 Å². The van der Waals surface area contributed by atoms with Crippen LogP contribution in [0.15, 0.2) is 24.3 Å². The Bertz CT molecular complexity index is 367. The van der Waals surface area contributed by atoms with Gasteiger partial charge in [-0.3, -0.25) is 15.0 Å². The highest BCUT2D eigenvalue weighted by atomic mass is 35.5.